The fourth-order valence-corrected chi connectivity index (χ4v) is 3.25. The van der Waals surface area contributed by atoms with Gasteiger partial charge in [0.1, 0.15) is 0 Å². The number of nitrogens with one attached hydrogen (secondary N) is 2. The molecule has 0 aromatic carbocycles. The second kappa shape index (κ2) is 8.63. The van der Waals surface area contributed by atoms with Crippen LogP contribution in [0.5, 0.6) is 0 Å². The van der Waals surface area contributed by atoms with Crippen LogP contribution in [0.4, 0.5) is 0 Å². The lowest BCUT2D eigenvalue weighted by Crippen LogP contribution is -2.43. The largest absolute Gasteiger partial charge is 0.378 e. The monoisotopic (exact) mass is 282 g/mol. The zero-order chi connectivity index (χ0) is 14.2. The summed E-state index contributed by atoms with van der Waals surface area (Å²) in [6.07, 6.45) is 9.88. The van der Waals surface area contributed by atoms with Gasteiger partial charge in [-0.2, -0.15) is 0 Å². The minimum Gasteiger partial charge on any atom is -0.378 e. The summed E-state index contributed by atoms with van der Waals surface area (Å²) in [4.78, 5) is 12.0. The molecule has 1 saturated heterocycles. The van der Waals surface area contributed by atoms with Gasteiger partial charge in [-0.3, -0.25) is 4.79 Å². The Morgan fingerprint density at radius 2 is 1.85 bits per heavy atom. The summed E-state index contributed by atoms with van der Waals surface area (Å²) >= 11 is 0. The van der Waals surface area contributed by atoms with Crippen LogP contribution < -0.4 is 10.6 Å². The summed E-state index contributed by atoms with van der Waals surface area (Å²) in [5, 5.41) is 6.77. The molecular weight excluding hydrogens is 252 g/mol. The fraction of sp³-hybridized carbons (Fsp3) is 0.938. The summed E-state index contributed by atoms with van der Waals surface area (Å²) in [7, 11) is 0. The van der Waals surface area contributed by atoms with Crippen molar-refractivity contribution in [2.75, 3.05) is 13.2 Å². The van der Waals surface area contributed by atoms with Gasteiger partial charge in [0, 0.05) is 18.7 Å². The zero-order valence-corrected chi connectivity index (χ0v) is 12.8. The van der Waals surface area contributed by atoms with E-state index in [2.05, 4.69) is 17.6 Å². The Kier molecular flexibility index (Phi) is 6.80. The van der Waals surface area contributed by atoms with Crippen molar-refractivity contribution < 1.29 is 9.53 Å². The third-order valence-corrected chi connectivity index (χ3v) is 4.46. The molecule has 20 heavy (non-hydrogen) atoms. The van der Waals surface area contributed by atoms with E-state index in [9.17, 15) is 4.79 Å². The van der Waals surface area contributed by atoms with E-state index in [1.807, 2.05) is 0 Å². The van der Waals surface area contributed by atoms with E-state index in [0.717, 1.165) is 38.8 Å². The second-order valence-electron chi connectivity index (χ2n) is 6.26. The van der Waals surface area contributed by atoms with Gasteiger partial charge in [-0.05, 0) is 57.9 Å². The first-order valence-electron chi connectivity index (χ1n) is 8.42. The van der Waals surface area contributed by atoms with Gasteiger partial charge in [0.15, 0.2) is 0 Å². The maximum absolute atomic E-state index is 12.0. The maximum atomic E-state index is 12.0. The predicted octanol–water partition coefficient (Wildman–Crippen LogP) is 2.37. The minimum absolute atomic E-state index is 0.159. The van der Waals surface area contributed by atoms with Gasteiger partial charge in [0.05, 0.1) is 12.5 Å². The Morgan fingerprint density at radius 1 is 1.10 bits per heavy atom. The van der Waals surface area contributed by atoms with Gasteiger partial charge in [0.25, 0.3) is 0 Å². The summed E-state index contributed by atoms with van der Waals surface area (Å²) in [5.41, 5.74) is 0. The third kappa shape index (κ3) is 5.41. The van der Waals surface area contributed by atoms with E-state index in [1.54, 1.807) is 0 Å². The van der Waals surface area contributed by atoms with E-state index in [1.165, 1.54) is 25.7 Å². The molecule has 4 nitrogen and oxygen atoms in total. The van der Waals surface area contributed by atoms with E-state index in [4.69, 9.17) is 4.74 Å². The molecule has 0 aromatic heterocycles. The molecule has 0 aromatic rings. The van der Waals surface area contributed by atoms with Crippen LogP contribution in [-0.4, -0.2) is 37.2 Å². The van der Waals surface area contributed by atoms with Crippen LogP contribution in [0.1, 0.15) is 64.7 Å². The van der Waals surface area contributed by atoms with E-state index in [0.29, 0.717) is 18.5 Å². The number of rotatable bonds is 6. The summed E-state index contributed by atoms with van der Waals surface area (Å²) < 4.78 is 5.63. The highest BCUT2D eigenvalue weighted by Gasteiger charge is 2.23. The molecule has 1 aliphatic carbocycles. The molecule has 1 unspecified atom stereocenters. The fourth-order valence-electron chi connectivity index (χ4n) is 3.25. The number of carbonyl (C=O) groups excluding carboxylic acids is 1. The highest BCUT2D eigenvalue weighted by atomic mass is 16.5. The van der Waals surface area contributed by atoms with Crippen molar-refractivity contribution in [3.8, 4) is 0 Å². The second-order valence-corrected chi connectivity index (χ2v) is 6.26. The highest BCUT2D eigenvalue weighted by molar-refractivity contribution is 5.76. The minimum atomic E-state index is 0.159. The molecule has 0 spiro atoms. The summed E-state index contributed by atoms with van der Waals surface area (Å²) in [5.74, 6) is 0.182. The molecule has 0 bridgehead atoms. The summed E-state index contributed by atoms with van der Waals surface area (Å²) in [6.45, 7) is 4.14. The molecule has 1 aliphatic heterocycles. The molecule has 116 valence electrons. The Labute approximate surface area is 123 Å². The lowest BCUT2D eigenvalue weighted by molar-refractivity contribution is -0.125. The van der Waals surface area contributed by atoms with Crippen LogP contribution in [0.15, 0.2) is 0 Å². The molecule has 4 heteroatoms. The Balaban J connectivity index is 1.60. The first-order chi connectivity index (χ1) is 9.78. The SMILES string of the molecule is CCCNC1CCC(NC(=O)CC2CCCCO2)CC1. The smallest absolute Gasteiger partial charge is 0.222 e. The van der Waals surface area contributed by atoms with Crippen molar-refractivity contribution in [1.29, 1.82) is 0 Å². The Morgan fingerprint density at radius 3 is 2.50 bits per heavy atom. The van der Waals surface area contributed by atoms with Crippen molar-refractivity contribution in [2.24, 2.45) is 0 Å². The third-order valence-electron chi connectivity index (χ3n) is 4.46. The van der Waals surface area contributed by atoms with Gasteiger partial charge in [0.2, 0.25) is 5.91 Å². The van der Waals surface area contributed by atoms with Crippen molar-refractivity contribution >= 4 is 5.91 Å². The van der Waals surface area contributed by atoms with Crippen molar-refractivity contribution in [2.45, 2.75) is 82.9 Å². The van der Waals surface area contributed by atoms with Crippen LogP contribution in [0, 0.1) is 0 Å². The Hall–Kier alpha value is -0.610. The lowest BCUT2D eigenvalue weighted by atomic mass is 9.91. The van der Waals surface area contributed by atoms with Gasteiger partial charge < -0.3 is 15.4 Å². The van der Waals surface area contributed by atoms with Crippen LogP contribution in [0.3, 0.4) is 0 Å². The number of carbonyl (C=O) groups is 1. The molecule has 0 radical (unpaired) electrons. The molecule has 2 aliphatic rings. The molecule has 2 N–H and O–H groups in total. The molecule has 1 heterocycles. The number of amides is 1. The number of ether oxygens (including phenoxy) is 1. The topological polar surface area (TPSA) is 50.4 Å². The molecule has 1 atom stereocenters. The molecular formula is C16H30N2O2. The molecule has 1 saturated carbocycles. The first-order valence-corrected chi connectivity index (χ1v) is 8.42. The average molecular weight is 282 g/mol. The first kappa shape index (κ1) is 15.8. The van der Waals surface area contributed by atoms with Crippen LogP contribution in [0.25, 0.3) is 0 Å². The normalized spacial score (nSPS) is 30.9. The molecule has 2 rings (SSSR count). The average Bonchev–Trinajstić information content (AvgIpc) is 2.47. The Bertz CT molecular complexity index is 282. The maximum Gasteiger partial charge on any atom is 0.222 e. The van der Waals surface area contributed by atoms with Crippen molar-refractivity contribution in [3.05, 3.63) is 0 Å². The summed E-state index contributed by atoms with van der Waals surface area (Å²) in [6, 6.07) is 1.04. The van der Waals surface area contributed by atoms with Crippen LogP contribution >= 0.6 is 0 Å². The molecule has 1 amide bonds. The van der Waals surface area contributed by atoms with Crippen LogP contribution in [-0.2, 0) is 9.53 Å². The zero-order valence-electron chi connectivity index (χ0n) is 12.8. The quantitative estimate of drug-likeness (QED) is 0.786. The van der Waals surface area contributed by atoms with Crippen molar-refractivity contribution in [1.82, 2.24) is 10.6 Å². The standard InChI is InChI=1S/C16H30N2O2/c1-2-10-17-13-6-8-14(9-7-13)18-16(19)12-15-5-3-4-11-20-15/h13-15,17H,2-12H2,1H3,(H,18,19). The number of hydrogen-bond donors (Lipinski definition) is 2. The van der Waals surface area contributed by atoms with Crippen molar-refractivity contribution in [3.63, 3.8) is 0 Å². The van der Waals surface area contributed by atoms with Gasteiger partial charge in [-0.25, -0.2) is 0 Å². The van der Waals surface area contributed by atoms with Gasteiger partial charge >= 0.3 is 0 Å². The molecule has 2 fully saturated rings. The van der Waals surface area contributed by atoms with Crippen LogP contribution in [0.2, 0.25) is 0 Å². The van der Waals surface area contributed by atoms with E-state index in [-0.39, 0.29) is 12.0 Å². The lowest BCUT2D eigenvalue weighted by Gasteiger charge is -2.30. The van der Waals surface area contributed by atoms with E-state index >= 15 is 0 Å². The van der Waals surface area contributed by atoms with Gasteiger partial charge in [-0.15, -0.1) is 0 Å². The van der Waals surface area contributed by atoms with E-state index < -0.39 is 0 Å². The van der Waals surface area contributed by atoms with Gasteiger partial charge in [-0.1, -0.05) is 6.92 Å². The predicted molar refractivity (Wildman–Crippen MR) is 80.7 cm³/mol. The number of hydrogen-bond acceptors (Lipinski definition) is 3. The highest BCUT2D eigenvalue weighted by Crippen LogP contribution is 2.20.